The highest BCUT2D eigenvalue weighted by atomic mass is 16.5. The fourth-order valence-corrected chi connectivity index (χ4v) is 2.23. The Morgan fingerprint density at radius 2 is 2.00 bits per heavy atom. The Hall–Kier alpha value is -1.55. The number of carbonyl (C=O) groups is 1. The molecule has 0 saturated carbocycles. The van der Waals surface area contributed by atoms with Crippen LogP contribution in [-0.4, -0.2) is 44.2 Å². The van der Waals surface area contributed by atoms with Crippen molar-refractivity contribution >= 4 is 11.6 Å². The predicted octanol–water partition coefficient (Wildman–Crippen LogP) is 2.29. The zero-order chi connectivity index (χ0) is 13.8. The number of nitrogens with zero attached hydrogens (tertiary/aromatic N) is 1. The number of nitrogens with one attached hydrogen (secondary N) is 1. The summed E-state index contributed by atoms with van der Waals surface area (Å²) in [6, 6.07) is 6.27. The minimum atomic E-state index is 0.0371. The van der Waals surface area contributed by atoms with Gasteiger partial charge >= 0.3 is 0 Å². The van der Waals surface area contributed by atoms with Gasteiger partial charge < -0.3 is 15.0 Å². The fourth-order valence-electron chi connectivity index (χ4n) is 2.23. The molecule has 2 rings (SSSR count). The maximum absolute atomic E-state index is 12.0. The van der Waals surface area contributed by atoms with Crippen LogP contribution in [0.25, 0.3) is 0 Å². The smallest absolute Gasteiger partial charge is 0.253 e. The Bertz CT molecular complexity index is 451. The molecule has 0 radical (unpaired) electrons. The van der Waals surface area contributed by atoms with Crippen LogP contribution in [0.1, 0.15) is 28.8 Å². The van der Waals surface area contributed by atoms with Crippen molar-refractivity contribution in [3.05, 3.63) is 29.3 Å². The number of hydrogen-bond acceptors (Lipinski definition) is 3. The first-order chi connectivity index (χ1) is 9.08. The Morgan fingerprint density at radius 1 is 1.32 bits per heavy atom. The van der Waals surface area contributed by atoms with Gasteiger partial charge in [0.25, 0.3) is 5.91 Å². The molecule has 0 spiro atoms. The lowest BCUT2D eigenvalue weighted by atomic mass is 10.1. The molecule has 1 N–H and O–H groups in total. The minimum absolute atomic E-state index is 0.0371. The van der Waals surface area contributed by atoms with E-state index in [1.165, 1.54) is 5.56 Å². The Balaban J connectivity index is 2.14. The zero-order valence-electron chi connectivity index (χ0n) is 11.9. The van der Waals surface area contributed by atoms with E-state index in [0.29, 0.717) is 6.04 Å². The zero-order valence-corrected chi connectivity index (χ0v) is 11.9. The van der Waals surface area contributed by atoms with E-state index in [4.69, 9.17) is 4.74 Å². The Labute approximate surface area is 114 Å². The van der Waals surface area contributed by atoms with Gasteiger partial charge in [-0.2, -0.15) is 0 Å². The van der Waals surface area contributed by atoms with Crippen LogP contribution in [0.2, 0.25) is 0 Å². The normalized spacial score (nSPS) is 16.2. The quantitative estimate of drug-likeness (QED) is 0.908. The van der Waals surface area contributed by atoms with E-state index >= 15 is 0 Å². The Morgan fingerprint density at radius 3 is 2.63 bits per heavy atom. The van der Waals surface area contributed by atoms with Crippen molar-refractivity contribution in [3.8, 4) is 0 Å². The second-order valence-electron chi connectivity index (χ2n) is 5.26. The average Bonchev–Trinajstić information content (AvgIpc) is 2.41. The molecule has 1 heterocycles. The van der Waals surface area contributed by atoms with Crippen LogP contribution in [-0.2, 0) is 4.74 Å². The number of hydrogen-bond donors (Lipinski definition) is 1. The molecule has 0 aromatic heterocycles. The third-order valence-corrected chi connectivity index (χ3v) is 3.47. The van der Waals surface area contributed by atoms with Gasteiger partial charge in [-0.05, 0) is 37.5 Å². The third-order valence-electron chi connectivity index (χ3n) is 3.47. The van der Waals surface area contributed by atoms with E-state index < -0.39 is 0 Å². The minimum Gasteiger partial charge on any atom is -0.382 e. The molecule has 4 nitrogen and oxygen atoms in total. The molecule has 104 valence electrons. The van der Waals surface area contributed by atoms with Gasteiger partial charge in [-0.15, -0.1) is 0 Å². The molecule has 1 amide bonds. The lowest BCUT2D eigenvalue weighted by Gasteiger charge is -2.25. The summed E-state index contributed by atoms with van der Waals surface area (Å²) in [7, 11) is 3.54. The van der Waals surface area contributed by atoms with E-state index in [0.717, 1.165) is 37.3 Å². The standard InChI is InChI=1S/C15H22N2O2/c1-11-4-5-12(15(18)17(2)3)10-14(11)16-13-6-8-19-9-7-13/h4-5,10,13,16H,6-9H2,1-3H3. The molecule has 1 fully saturated rings. The molecular weight excluding hydrogens is 240 g/mol. The van der Waals surface area contributed by atoms with E-state index in [-0.39, 0.29) is 5.91 Å². The molecule has 1 aromatic rings. The number of ether oxygens (including phenoxy) is 1. The van der Waals surface area contributed by atoms with Gasteiger partial charge in [0, 0.05) is 44.6 Å². The predicted molar refractivity (Wildman–Crippen MR) is 76.7 cm³/mol. The molecule has 0 atom stereocenters. The van der Waals surface area contributed by atoms with E-state index in [1.807, 2.05) is 18.2 Å². The van der Waals surface area contributed by atoms with Crippen molar-refractivity contribution in [2.24, 2.45) is 0 Å². The van der Waals surface area contributed by atoms with Crippen molar-refractivity contribution in [2.45, 2.75) is 25.8 Å². The number of amides is 1. The molecular formula is C15H22N2O2. The van der Waals surface area contributed by atoms with Gasteiger partial charge in [0.05, 0.1) is 0 Å². The summed E-state index contributed by atoms with van der Waals surface area (Å²) in [5, 5.41) is 3.53. The fraction of sp³-hybridized carbons (Fsp3) is 0.533. The average molecular weight is 262 g/mol. The highest BCUT2D eigenvalue weighted by Gasteiger charge is 2.15. The lowest BCUT2D eigenvalue weighted by molar-refractivity contribution is 0.0827. The van der Waals surface area contributed by atoms with E-state index in [9.17, 15) is 4.79 Å². The summed E-state index contributed by atoms with van der Waals surface area (Å²) in [5.41, 5.74) is 2.95. The molecule has 1 aliphatic rings. The van der Waals surface area contributed by atoms with Crippen molar-refractivity contribution < 1.29 is 9.53 Å². The molecule has 0 aliphatic carbocycles. The van der Waals surface area contributed by atoms with Gasteiger partial charge in [-0.25, -0.2) is 0 Å². The van der Waals surface area contributed by atoms with Crippen LogP contribution in [0.5, 0.6) is 0 Å². The summed E-state index contributed by atoms with van der Waals surface area (Å²) in [5.74, 6) is 0.0371. The Kier molecular flexibility index (Phi) is 4.43. The highest BCUT2D eigenvalue weighted by molar-refractivity contribution is 5.95. The van der Waals surface area contributed by atoms with E-state index in [2.05, 4.69) is 12.2 Å². The van der Waals surface area contributed by atoms with Crippen LogP contribution in [0.3, 0.4) is 0 Å². The maximum atomic E-state index is 12.0. The first-order valence-corrected chi connectivity index (χ1v) is 6.74. The van der Waals surface area contributed by atoms with Gasteiger partial charge in [0.15, 0.2) is 0 Å². The van der Waals surface area contributed by atoms with Crippen LogP contribution in [0.4, 0.5) is 5.69 Å². The van der Waals surface area contributed by atoms with Crippen molar-refractivity contribution in [1.29, 1.82) is 0 Å². The molecule has 0 bridgehead atoms. The van der Waals surface area contributed by atoms with Gasteiger partial charge in [-0.3, -0.25) is 4.79 Å². The second kappa shape index (κ2) is 6.06. The highest BCUT2D eigenvalue weighted by Crippen LogP contribution is 2.21. The summed E-state index contributed by atoms with van der Waals surface area (Å²) < 4.78 is 5.36. The first kappa shape index (κ1) is 13.9. The molecule has 1 aromatic carbocycles. The molecule has 1 saturated heterocycles. The lowest BCUT2D eigenvalue weighted by Crippen LogP contribution is -2.28. The monoisotopic (exact) mass is 262 g/mol. The third kappa shape index (κ3) is 3.47. The summed E-state index contributed by atoms with van der Waals surface area (Å²) in [6.07, 6.45) is 2.04. The number of anilines is 1. The SMILES string of the molecule is Cc1ccc(C(=O)N(C)C)cc1NC1CCOCC1. The molecule has 0 unspecified atom stereocenters. The second-order valence-corrected chi connectivity index (χ2v) is 5.26. The van der Waals surface area contributed by atoms with Gasteiger partial charge in [0.2, 0.25) is 0 Å². The molecule has 1 aliphatic heterocycles. The van der Waals surface area contributed by atoms with Crippen LogP contribution < -0.4 is 5.32 Å². The number of aryl methyl sites for hydroxylation is 1. The summed E-state index contributed by atoms with van der Waals surface area (Å²) in [4.78, 5) is 13.6. The van der Waals surface area contributed by atoms with Gasteiger partial charge in [-0.1, -0.05) is 6.07 Å². The van der Waals surface area contributed by atoms with Crippen LogP contribution >= 0.6 is 0 Å². The van der Waals surface area contributed by atoms with Crippen molar-refractivity contribution in [2.75, 3.05) is 32.6 Å². The van der Waals surface area contributed by atoms with Crippen LogP contribution in [0, 0.1) is 6.92 Å². The molecule has 4 heteroatoms. The first-order valence-electron chi connectivity index (χ1n) is 6.74. The van der Waals surface area contributed by atoms with Gasteiger partial charge in [0.1, 0.15) is 0 Å². The number of carbonyl (C=O) groups excluding carboxylic acids is 1. The topological polar surface area (TPSA) is 41.6 Å². The van der Waals surface area contributed by atoms with Crippen molar-refractivity contribution in [3.63, 3.8) is 0 Å². The number of rotatable bonds is 3. The van der Waals surface area contributed by atoms with Crippen LogP contribution in [0.15, 0.2) is 18.2 Å². The molecule has 19 heavy (non-hydrogen) atoms. The maximum Gasteiger partial charge on any atom is 0.253 e. The van der Waals surface area contributed by atoms with Crippen molar-refractivity contribution in [1.82, 2.24) is 4.90 Å². The number of benzene rings is 1. The summed E-state index contributed by atoms with van der Waals surface area (Å²) >= 11 is 0. The summed E-state index contributed by atoms with van der Waals surface area (Å²) in [6.45, 7) is 3.69. The van der Waals surface area contributed by atoms with E-state index in [1.54, 1.807) is 19.0 Å². The largest absolute Gasteiger partial charge is 0.382 e.